The highest BCUT2D eigenvalue weighted by Gasteiger charge is 2.45. The minimum absolute atomic E-state index is 0.158. The van der Waals surface area contributed by atoms with Crippen LogP contribution in [0.15, 0.2) is 52.9 Å². The fourth-order valence-electron chi connectivity index (χ4n) is 5.55. The fraction of sp³-hybridized carbons (Fsp3) is 0.438. The molecule has 4 atom stereocenters. The number of nitrogens with zero attached hydrogens (tertiary/aromatic N) is 3. The minimum Gasteiger partial charge on any atom is -0.465 e. The van der Waals surface area contributed by atoms with E-state index < -0.39 is 59.3 Å². The zero-order valence-electron chi connectivity index (χ0n) is 25.2. The molecule has 1 aliphatic rings. The molecule has 2 unspecified atom stereocenters. The maximum Gasteiger partial charge on any atom is 0.407 e. The summed E-state index contributed by atoms with van der Waals surface area (Å²) in [6, 6.07) is 11.1. The second-order valence-electron chi connectivity index (χ2n) is 12.1. The average Bonchev–Trinajstić information content (AvgIpc) is 3.51. The summed E-state index contributed by atoms with van der Waals surface area (Å²) in [6.45, 7) is 7.27. The number of likely N-dealkylation sites (tertiary alicyclic amines) is 1. The van der Waals surface area contributed by atoms with Gasteiger partial charge >= 0.3 is 12.1 Å². The molecule has 9 nitrogen and oxygen atoms in total. The summed E-state index contributed by atoms with van der Waals surface area (Å²) in [5.74, 6) is -3.67. The van der Waals surface area contributed by atoms with Crippen molar-refractivity contribution < 1.29 is 41.8 Å². The summed E-state index contributed by atoms with van der Waals surface area (Å²) in [4.78, 5) is 44.3. The van der Waals surface area contributed by atoms with Gasteiger partial charge < -0.3 is 24.1 Å². The van der Waals surface area contributed by atoms with Crippen molar-refractivity contribution in [1.29, 1.82) is 0 Å². The Bertz CT molecular complexity index is 1510. The quantitative estimate of drug-likeness (QED) is 0.293. The van der Waals surface area contributed by atoms with Crippen molar-refractivity contribution in [2.24, 2.45) is 11.3 Å². The number of amides is 2. The first-order valence-corrected chi connectivity index (χ1v) is 14.2. The van der Waals surface area contributed by atoms with E-state index in [1.54, 1.807) is 0 Å². The third-order valence-electron chi connectivity index (χ3n) is 7.52. The van der Waals surface area contributed by atoms with Crippen LogP contribution in [0.5, 0.6) is 0 Å². The Balaban J connectivity index is 1.89. The Morgan fingerprint density at radius 3 is 2.41 bits per heavy atom. The van der Waals surface area contributed by atoms with Gasteiger partial charge in [-0.15, -0.1) is 0 Å². The molecule has 4 rings (SSSR count). The van der Waals surface area contributed by atoms with Gasteiger partial charge in [0.2, 0.25) is 5.89 Å². The van der Waals surface area contributed by atoms with Crippen LogP contribution in [-0.4, -0.2) is 69.8 Å². The van der Waals surface area contributed by atoms with E-state index in [9.17, 15) is 28.3 Å². The molecular formula is C32H36F3N3O6. The van der Waals surface area contributed by atoms with Crippen molar-refractivity contribution in [2.45, 2.75) is 59.4 Å². The van der Waals surface area contributed by atoms with Crippen LogP contribution >= 0.6 is 0 Å². The van der Waals surface area contributed by atoms with Gasteiger partial charge in [-0.3, -0.25) is 9.59 Å². The summed E-state index contributed by atoms with van der Waals surface area (Å²) in [7, 11) is 0. The van der Waals surface area contributed by atoms with Gasteiger partial charge in [-0.2, -0.15) is 0 Å². The molecule has 1 fully saturated rings. The summed E-state index contributed by atoms with van der Waals surface area (Å²) in [6.07, 6.45) is -3.94. The van der Waals surface area contributed by atoms with Crippen molar-refractivity contribution in [2.75, 3.05) is 19.6 Å². The number of esters is 1. The highest BCUT2D eigenvalue weighted by Crippen LogP contribution is 2.43. The number of benzene rings is 2. The number of carboxylic acid groups (broad SMARTS) is 1. The molecule has 0 saturated carbocycles. The first-order chi connectivity index (χ1) is 20.6. The van der Waals surface area contributed by atoms with Crippen LogP contribution in [0.2, 0.25) is 0 Å². The smallest absolute Gasteiger partial charge is 0.407 e. The second-order valence-corrected chi connectivity index (χ2v) is 12.1. The van der Waals surface area contributed by atoms with Crippen LogP contribution in [0, 0.1) is 23.0 Å². The first kappa shape index (κ1) is 32.6. The first-order valence-electron chi connectivity index (χ1n) is 14.2. The lowest BCUT2D eigenvalue weighted by molar-refractivity contribution is -0.160. The van der Waals surface area contributed by atoms with Gasteiger partial charge in [-0.25, -0.2) is 22.9 Å². The topological polar surface area (TPSA) is 113 Å². The van der Waals surface area contributed by atoms with Crippen LogP contribution in [-0.2, 0) is 20.7 Å². The third kappa shape index (κ3) is 7.40. The number of carbonyl (C=O) groups is 3. The maximum absolute atomic E-state index is 15.2. The van der Waals surface area contributed by atoms with Crippen molar-refractivity contribution >= 4 is 18.0 Å². The Labute approximate surface area is 253 Å². The van der Waals surface area contributed by atoms with E-state index in [0.29, 0.717) is 0 Å². The molecule has 2 amide bonds. The van der Waals surface area contributed by atoms with Crippen LogP contribution in [0.3, 0.4) is 0 Å². The number of halogens is 3. The van der Waals surface area contributed by atoms with Gasteiger partial charge in [-0.1, -0.05) is 51.1 Å². The molecule has 12 heteroatoms. The predicted molar refractivity (Wildman–Crippen MR) is 154 cm³/mol. The molecule has 2 aromatic carbocycles. The number of hydrogen-bond acceptors (Lipinski definition) is 6. The van der Waals surface area contributed by atoms with Crippen LogP contribution in [0.25, 0.3) is 11.5 Å². The molecule has 1 saturated heterocycles. The van der Waals surface area contributed by atoms with Gasteiger partial charge in [0.1, 0.15) is 29.3 Å². The lowest BCUT2D eigenvalue weighted by Gasteiger charge is -2.41. The molecule has 44 heavy (non-hydrogen) atoms. The number of rotatable bonds is 9. The molecule has 2 heterocycles. The zero-order valence-corrected chi connectivity index (χ0v) is 25.2. The standard InChI is InChI=1S/C32H36F3N3O6/c1-18(43-19(2)39)30(40)38(16-21-15-37(31(41)42)17-25(21)35)28(32(3,4)5)27-26(13-20-9-7-6-8-10-20)44-29(36-27)23-14-22(33)11-12-24(23)34/h6-12,14,18,21,25,28H,13,15-17H2,1-5H3,(H,41,42)/t18-,21?,25?,28+/m0/s1. The predicted octanol–water partition coefficient (Wildman–Crippen LogP) is 6.03. The molecular weight excluding hydrogens is 579 g/mol. The van der Waals surface area contributed by atoms with Gasteiger partial charge in [-0.05, 0) is 36.1 Å². The van der Waals surface area contributed by atoms with E-state index in [0.717, 1.165) is 35.6 Å². The molecule has 1 aliphatic heterocycles. The van der Waals surface area contributed by atoms with Crippen LogP contribution in [0.1, 0.15) is 57.7 Å². The van der Waals surface area contributed by atoms with Crippen molar-refractivity contribution in [1.82, 2.24) is 14.8 Å². The van der Waals surface area contributed by atoms with E-state index in [1.807, 2.05) is 51.1 Å². The summed E-state index contributed by atoms with van der Waals surface area (Å²) in [5, 5.41) is 9.47. The molecule has 0 spiro atoms. The molecule has 1 N–H and O–H groups in total. The minimum atomic E-state index is -1.57. The summed E-state index contributed by atoms with van der Waals surface area (Å²) in [5.41, 5.74) is 0.00224. The number of hydrogen-bond donors (Lipinski definition) is 1. The Kier molecular flexibility index (Phi) is 9.70. The lowest BCUT2D eigenvalue weighted by Crippen LogP contribution is -2.49. The van der Waals surface area contributed by atoms with E-state index in [4.69, 9.17) is 9.15 Å². The van der Waals surface area contributed by atoms with E-state index in [1.165, 1.54) is 11.8 Å². The Morgan fingerprint density at radius 2 is 1.82 bits per heavy atom. The molecule has 236 valence electrons. The second kappa shape index (κ2) is 13.1. The molecule has 1 aromatic heterocycles. The van der Waals surface area contributed by atoms with Crippen molar-refractivity contribution in [3.8, 4) is 11.5 Å². The van der Waals surface area contributed by atoms with Gasteiger partial charge in [0.15, 0.2) is 6.10 Å². The van der Waals surface area contributed by atoms with Crippen molar-refractivity contribution in [3.63, 3.8) is 0 Å². The largest absolute Gasteiger partial charge is 0.465 e. The van der Waals surface area contributed by atoms with E-state index in [2.05, 4.69) is 4.98 Å². The van der Waals surface area contributed by atoms with Gasteiger partial charge in [0.05, 0.1) is 18.2 Å². The summed E-state index contributed by atoms with van der Waals surface area (Å²) < 4.78 is 55.7. The van der Waals surface area contributed by atoms with Crippen LogP contribution in [0.4, 0.5) is 18.0 Å². The molecule has 0 aliphatic carbocycles. The number of ether oxygens (including phenoxy) is 1. The monoisotopic (exact) mass is 615 g/mol. The normalized spacial score (nSPS) is 18.1. The summed E-state index contributed by atoms with van der Waals surface area (Å²) >= 11 is 0. The average molecular weight is 616 g/mol. The van der Waals surface area contributed by atoms with Crippen LogP contribution < -0.4 is 0 Å². The number of oxazole rings is 1. The lowest BCUT2D eigenvalue weighted by atomic mass is 9.81. The van der Waals surface area contributed by atoms with E-state index in [-0.39, 0.29) is 49.0 Å². The van der Waals surface area contributed by atoms with Gasteiger partial charge in [0, 0.05) is 32.4 Å². The zero-order chi connectivity index (χ0) is 32.3. The van der Waals surface area contributed by atoms with Gasteiger partial charge in [0.25, 0.3) is 5.91 Å². The fourth-order valence-corrected chi connectivity index (χ4v) is 5.55. The maximum atomic E-state index is 15.2. The number of aromatic nitrogens is 1. The Morgan fingerprint density at radius 1 is 1.14 bits per heavy atom. The van der Waals surface area contributed by atoms with E-state index >= 15 is 4.39 Å². The number of carbonyl (C=O) groups excluding carboxylic acids is 2. The highest BCUT2D eigenvalue weighted by atomic mass is 19.1. The Hall–Kier alpha value is -4.35. The van der Waals surface area contributed by atoms with Crippen molar-refractivity contribution in [3.05, 3.63) is 77.2 Å². The molecule has 3 aromatic rings. The highest BCUT2D eigenvalue weighted by molar-refractivity contribution is 5.83. The number of alkyl halides is 1. The molecule has 0 radical (unpaired) electrons. The third-order valence-corrected chi connectivity index (χ3v) is 7.52. The molecule has 0 bridgehead atoms. The SMILES string of the molecule is CC(=O)O[C@@H](C)C(=O)N(CC1CN(C(=O)O)CC1F)[C@H](c1nc(-c2cc(F)ccc2F)oc1Cc1ccccc1)C(C)(C)C.